The SMILES string of the molecule is CNS(=O)(=O)c1ccc(F)c(C(=O)OCc2ccc(Cl)nc2)c1. The Bertz CT molecular complexity index is 825. The first kappa shape index (κ1) is 17.3. The number of esters is 1. The Hall–Kier alpha value is -2.03. The molecule has 0 fully saturated rings. The van der Waals surface area contributed by atoms with Gasteiger partial charge in [0.25, 0.3) is 0 Å². The summed E-state index contributed by atoms with van der Waals surface area (Å²) in [6, 6.07) is 5.99. The summed E-state index contributed by atoms with van der Waals surface area (Å²) in [6.45, 7) is -0.147. The van der Waals surface area contributed by atoms with Crippen molar-refractivity contribution in [1.82, 2.24) is 9.71 Å². The number of halogens is 2. The van der Waals surface area contributed by atoms with Crippen LogP contribution in [0.4, 0.5) is 4.39 Å². The smallest absolute Gasteiger partial charge is 0.341 e. The van der Waals surface area contributed by atoms with Gasteiger partial charge in [0.2, 0.25) is 10.0 Å². The minimum Gasteiger partial charge on any atom is -0.457 e. The van der Waals surface area contributed by atoms with Crippen molar-refractivity contribution in [1.29, 1.82) is 0 Å². The van der Waals surface area contributed by atoms with Gasteiger partial charge in [-0.2, -0.15) is 0 Å². The minimum absolute atomic E-state index is 0.147. The van der Waals surface area contributed by atoms with Crippen molar-refractivity contribution in [2.45, 2.75) is 11.5 Å². The van der Waals surface area contributed by atoms with E-state index in [-0.39, 0.29) is 16.7 Å². The number of rotatable bonds is 5. The number of hydrogen-bond donors (Lipinski definition) is 1. The number of aromatic nitrogens is 1. The van der Waals surface area contributed by atoms with Crippen LogP contribution in [0.1, 0.15) is 15.9 Å². The van der Waals surface area contributed by atoms with Crippen LogP contribution < -0.4 is 4.72 Å². The first-order valence-electron chi connectivity index (χ1n) is 6.34. The van der Waals surface area contributed by atoms with E-state index >= 15 is 0 Å². The van der Waals surface area contributed by atoms with Crippen LogP contribution in [-0.2, 0) is 21.4 Å². The second kappa shape index (κ2) is 7.03. The Morgan fingerprint density at radius 1 is 1.35 bits per heavy atom. The second-order valence-corrected chi connectivity index (χ2v) is 6.69. The van der Waals surface area contributed by atoms with Gasteiger partial charge in [-0.3, -0.25) is 0 Å². The lowest BCUT2D eigenvalue weighted by Gasteiger charge is -2.08. The van der Waals surface area contributed by atoms with E-state index in [4.69, 9.17) is 16.3 Å². The highest BCUT2D eigenvalue weighted by Gasteiger charge is 2.19. The van der Waals surface area contributed by atoms with Crippen LogP contribution in [-0.4, -0.2) is 26.4 Å². The van der Waals surface area contributed by atoms with Gasteiger partial charge >= 0.3 is 5.97 Å². The standard InChI is InChI=1S/C14H12ClFN2O4S/c1-17-23(20,21)10-3-4-12(16)11(6-10)14(19)22-8-9-2-5-13(15)18-7-9/h2-7,17H,8H2,1H3. The van der Waals surface area contributed by atoms with E-state index in [9.17, 15) is 17.6 Å². The molecule has 122 valence electrons. The van der Waals surface area contributed by atoms with Crippen molar-refractivity contribution in [3.63, 3.8) is 0 Å². The Kier molecular flexibility index (Phi) is 5.30. The van der Waals surface area contributed by atoms with Crippen molar-refractivity contribution in [3.05, 3.63) is 58.6 Å². The largest absolute Gasteiger partial charge is 0.457 e. The number of benzene rings is 1. The number of carbonyl (C=O) groups excluding carboxylic acids is 1. The topological polar surface area (TPSA) is 85.4 Å². The number of ether oxygens (including phenoxy) is 1. The van der Waals surface area contributed by atoms with Gasteiger partial charge in [-0.15, -0.1) is 0 Å². The zero-order valence-corrected chi connectivity index (χ0v) is 13.5. The second-order valence-electron chi connectivity index (χ2n) is 4.41. The van der Waals surface area contributed by atoms with Gasteiger partial charge in [-0.05, 0) is 31.3 Å². The molecule has 0 saturated carbocycles. The van der Waals surface area contributed by atoms with Gasteiger partial charge in [0, 0.05) is 11.8 Å². The number of nitrogens with one attached hydrogen (secondary N) is 1. The molecule has 6 nitrogen and oxygen atoms in total. The van der Waals surface area contributed by atoms with E-state index in [1.54, 1.807) is 6.07 Å². The van der Waals surface area contributed by atoms with Gasteiger partial charge in [0.1, 0.15) is 17.6 Å². The van der Waals surface area contributed by atoms with Gasteiger partial charge < -0.3 is 4.74 Å². The normalized spacial score (nSPS) is 11.3. The summed E-state index contributed by atoms with van der Waals surface area (Å²) in [4.78, 5) is 15.5. The predicted molar refractivity (Wildman–Crippen MR) is 81.0 cm³/mol. The summed E-state index contributed by atoms with van der Waals surface area (Å²) in [5, 5.41) is 0.288. The molecule has 0 amide bonds. The molecule has 0 aliphatic carbocycles. The molecule has 23 heavy (non-hydrogen) atoms. The van der Waals surface area contributed by atoms with Crippen molar-refractivity contribution < 1.29 is 22.3 Å². The maximum absolute atomic E-state index is 13.7. The van der Waals surface area contributed by atoms with E-state index < -0.39 is 27.4 Å². The van der Waals surface area contributed by atoms with E-state index in [0.29, 0.717) is 5.56 Å². The van der Waals surface area contributed by atoms with Gasteiger partial charge in [0.15, 0.2) is 0 Å². The molecular formula is C14H12ClFN2O4S. The molecule has 0 unspecified atom stereocenters. The summed E-state index contributed by atoms with van der Waals surface area (Å²) >= 11 is 5.63. The number of sulfonamides is 1. The molecule has 9 heteroatoms. The van der Waals surface area contributed by atoms with Crippen molar-refractivity contribution in [2.75, 3.05) is 7.05 Å². The lowest BCUT2D eigenvalue weighted by atomic mass is 10.2. The molecule has 0 aliphatic heterocycles. The highest BCUT2D eigenvalue weighted by Crippen LogP contribution is 2.17. The quantitative estimate of drug-likeness (QED) is 0.653. The van der Waals surface area contributed by atoms with Crippen LogP contribution in [0, 0.1) is 5.82 Å². The van der Waals surface area contributed by atoms with Crippen molar-refractivity contribution in [2.24, 2.45) is 0 Å². The first-order chi connectivity index (χ1) is 10.8. The molecule has 1 aromatic carbocycles. The zero-order chi connectivity index (χ0) is 17.0. The third kappa shape index (κ3) is 4.25. The molecule has 1 aromatic heterocycles. The van der Waals surface area contributed by atoms with Crippen LogP contribution in [0.5, 0.6) is 0 Å². The number of nitrogens with zero attached hydrogens (tertiary/aromatic N) is 1. The highest BCUT2D eigenvalue weighted by molar-refractivity contribution is 7.89. The first-order valence-corrected chi connectivity index (χ1v) is 8.20. The van der Waals surface area contributed by atoms with E-state index in [1.807, 2.05) is 0 Å². The van der Waals surface area contributed by atoms with Crippen molar-refractivity contribution in [3.8, 4) is 0 Å². The fraction of sp³-hybridized carbons (Fsp3) is 0.143. The monoisotopic (exact) mass is 358 g/mol. The fourth-order valence-electron chi connectivity index (χ4n) is 1.66. The van der Waals surface area contributed by atoms with Gasteiger partial charge in [-0.1, -0.05) is 17.7 Å². The maximum atomic E-state index is 13.7. The van der Waals surface area contributed by atoms with E-state index in [1.165, 1.54) is 19.3 Å². The van der Waals surface area contributed by atoms with E-state index in [0.717, 1.165) is 18.2 Å². The highest BCUT2D eigenvalue weighted by atomic mass is 35.5. The van der Waals surface area contributed by atoms with Crippen LogP contribution in [0.3, 0.4) is 0 Å². The summed E-state index contributed by atoms with van der Waals surface area (Å²) in [5.41, 5.74) is 0.0883. The van der Waals surface area contributed by atoms with Crippen LogP contribution in [0.2, 0.25) is 5.15 Å². The third-order valence-electron chi connectivity index (χ3n) is 2.90. The zero-order valence-electron chi connectivity index (χ0n) is 11.9. The van der Waals surface area contributed by atoms with Gasteiger partial charge in [0.05, 0.1) is 10.5 Å². The fourth-order valence-corrected chi connectivity index (χ4v) is 2.53. The molecule has 0 aliphatic rings. The van der Waals surface area contributed by atoms with E-state index in [2.05, 4.69) is 9.71 Å². The summed E-state index contributed by atoms with van der Waals surface area (Å²) in [7, 11) is -2.58. The number of pyridine rings is 1. The molecule has 1 N–H and O–H groups in total. The Balaban J connectivity index is 2.18. The molecular weight excluding hydrogens is 347 g/mol. The summed E-state index contributed by atoms with van der Waals surface area (Å²) in [6.07, 6.45) is 1.41. The predicted octanol–water partition coefficient (Wildman–Crippen LogP) is 2.14. The van der Waals surface area contributed by atoms with Crippen LogP contribution in [0.25, 0.3) is 0 Å². The lowest BCUT2D eigenvalue weighted by Crippen LogP contribution is -2.19. The number of hydrogen-bond acceptors (Lipinski definition) is 5. The average molecular weight is 359 g/mol. The minimum atomic E-state index is -3.79. The summed E-state index contributed by atoms with van der Waals surface area (Å²) in [5.74, 6) is -1.86. The Morgan fingerprint density at radius 3 is 2.70 bits per heavy atom. The average Bonchev–Trinajstić information content (AvgIpc) is 2.54. The molecule has 0 saturated heterocycles. The Morgan fingerprint density at radius 2 is 2.09 bits per heavy atom. The lowest BCUT2D eigenvalue weighted by molar-refractivity contribution is 0.0466. The Labute approximate surface area is 137 Å². The van der Waals surface area contributed by atoms with Crippen LogP contribution >= 0.6 is 11.6 Å². The molecule has 0 spiro atoms. The number of carbonyl (C=O) groups is 1. The third-order valence-corrected chi connectivity index (χ3v) is 4.53. The van der Waals surface area contributed by atoms with Crippen molar-refractivity contribution >= 4 is 27.6 Å². The van der Waals surface area contributed by atoms with Gasteiger partial charge in [-0.25, -0.2) is 27.3 Å². The molecule has 0 radical (unpaired) electrons. The molecule has 1 heterocycles. The maximum Gasteiger partial charge on any atom is 0.341 e. The molecule has 2 aromatic rings. The molecule has 0 bridgehead atoms. The summed E-state index contributed by atoms with van der Waals surface area (Å²) < 4.78 is 44.2. The van der Waals surface area contributed by atoms with Crippen LogP contribution in [0.15, 0.2) is 41.4 Å². The molecule has 0 atom stereocenters. The molecule has 2 rings (SSSR count).